The average molecular weight is 596 g/mol. The number of para-hydroxylation sites is 2. The predicted molar refractivity (Wildman–Crippen MR) is 139 cm³/mol. The van der Waals surface area contributed by atoms with Crippen molar-refractivity contribution in [2.75, 3.05) is 36.8 Å². The van der Waals surface area contributed by atoms with Gasteiger partial charge in [0.2, 0.25) is 0 Å². The van der Waals surface area contributed by atoms with Crippen LogP contribution in [0.3, 0.4) is 0 Å². The summed E-state index contributed by atoms with van der Waals surface area (Å²) in [6, 6.07) is 13.4. The number of hydrogen-bond donors (Lipinski definition) is 3. The van der Waals surface area contributed by atoms with Gasteiger partial charge in [-0.05, 0) is 45.9 Å². The van der Waals surface area contributed by atoms with Gasteiger partial charge in [-0.2, -0.15) is 0 Å². The zero-order chi connectivity index (χ0) is 23.0. The Morgan fingerprint density at radius 2 is 0.765 bits per heavy atom. The van der Waals surface area contributed by atoms with Crippen LogP contribution in [-0.2, 0) is 19.5 Å². The summed E-state index contributed by atoms with van der Waals surface area (Å²) < 4.78 is 0. The molecule has 0 fully saturated rings. The topological polar surface area (TPSA) is 36.1 Å². The molecule has 0 bridgehead atoms. The van der Waals surface area contributed by atoms with Gasteiger partial charge in [-0.1, -0.05) is 91.8 Å². The number of halogens is 2. The van der Waals surface area contributed by atoms with E-state index in [2.05, 4.69) is 108 Å². The molecule has 0 unspecified atom stereocenters. The molecule has 2 aromatic carbocycles. The zero-order valence-electron chi connectivity index (χ0n) is 22.2. The Morgan fingerprint density at radius 1 is 0.500 bits per heavy atom. The standard InChI is InChI=1S/C28H45N3.2ClH.Ru/c1-19(2)23-11-9-12-24(20(3)4)27(23)30-17-15-29-16-18-31-28-25(21(5)6)13-10-14-26(28)22(7)8;;;/h9-14,19-22,29-31H,15-18H2,1-8H3;2*1H;/q;;;+2/p-2. The van der Waals surface area contributed by atoms with Crippen LogP contribution in [0.1, 0.15) is 101 Å². The fourth-order valence-corrected chi connectivity index (χ4v) is 4.19. The molecule has 194 valence electrons. The van der Waals surface area contributed by atoms with Crippen molar-refractivity contribution in [1.82, 2.24) is 5.32 Å². The van der Waals surface area contributed by atoms with E-state index in [0.29, 0.717) is 23.7 Å². The Morgan fingerprint density at radius 3 is 1.00 bits per heavy atom. The van der Waals surface area contributed by atoms with Crippen molar-refractivity contribution in [3.8, 4) is 0 Å². The Balaban J connectivity index is 0. The second kappa shape index (κ2) is 17.6. The molecular weight excluding hydrogens is 550 g/mol. The van der Waals surface area contributed by atoms with E-state index in [9.17, 15) is 0 Å². The van der Waals surface area contributed by atoms with Crippen LogP contribution >= 0.6 is 0 Å². The molecule has 2 rings (SSSR count). The predicted octanol–water partition coefficient (Wildman–Crippen LogP) is 1.30. The van der Waals surface area contributed by atoms with Gasteiger partial charge in [0, 0.05) is 37.6 Å². The average Bonchev–Trinajstić information content (AvgIpc) is 2.72. The third-order valence-electron chi connectivity index (χ3n) is 5.95. The quantitative estimate of drug-likeness (QED) is 0.256. The van der Waals surface area contributed by atoms with E-state index in [1.165, 1.54) is 33.6 Å². The van der Waals surface area contributed by atoms with Gasteiger partial charge >= 0.3 is 19.5 Å². The van der Waals surface area contributed by atoms with E-state index >= 15 is 0 Å². The largest absolute Gasteiger partial charge is 2.00 e. The van der Waals surface area contributed by atoms with E-state index in [1.807, 2.05) is 0 Å². The summed E-state index contributed by atoms with van der Waals surface area (Å²) in [5, 5.41) is 11.0. The van der Waals surface area contributed by atoms with Gasteiger partial charge in [0.05, 0.1) is 0 Å². The summed E-state index contributed by atoms with van der Waals surface area (Å²) in [4.78, 5) is 0. The number of hydrogen-bond acceptors (Lipinski definition) is 3. The van der Waals surface area contributed by atoms with Gasteiger partial charge < -0.3 is 40.8 Å². The van der Waals surface area contributed by atoms with Crippen LogP contribution in [0.15, 0.2) is 36.4 Å². The SMILES string of the molecule is CC(C)c1cccc(C(C)C)c1NCCNCCNc1c(C(C)C)cccc1C(C)C.[Cl-].[Cl-].[Ru+2]. The van der Waals surface area contributed by atoms with Crippen LogP contribution in [0.25, 0.3) is 0 Å². The third-order valence-corrected chi connectivity index (χ3v) is 5.95. The molecule has 3 N–H and O–H groups in total. The first kappa shape index (κ1) is 35.4. The van der Waals surface area contributed by atoms with Crippen molar-refractivity contribution in [3.63, 3.8) is 0 Å². The summed E-state index contributed by atoms with van der Waals surface area (Å²) in [5.41, 5.74) is 8.33. The zero-order valence-corrected chi connectivity index (χ0v) is 25.5. The van der Waals surface area contributed by atoms with Crippen LogP contribution in [0.2, 0.25) is 0 Å². The van der Waals surface area contributed by atoms with E-state index in [4.69, 9.17) is 0 Å². The van der Waals surface area contributed by atoms with Crippen molar-refractivity contribution in [1.29, 1.82) is 0 Å². The van der Waals surface area contributed by atoms with Crippen molar-refractivity contribution >= 4 is 11.4 Å². The maximum atomic E-state index is 3.72. The molecule has 0 saturated heterocycles. The molecule has 0 amide bonds. The van der Waals surface area contributed by atoms with E-state index in [1.54, 1.807) is 0 Å². The Hall–Kier alpha value is -0.797. The van der Waals surface area contributed by atoms with Crippen LogP contribution in [-0.4, -0.2) is 26.2 Å². The van der Waals surface area contributed by atoms with Gasteiger partial charge in [-0.15, -0.1) is 0 Å². The minimum absolute atomic E-state index is 0. The van der Waals surface area contributed by atoms with E-state index in [0.717, 1.165) is 26.2 Å². The second-order valence-corrected chi connectivity index (χ2v) is 9.85. The molecule has 6 heteroatoms. The molecule has 0 radical (unpaired) electrons. The van der Waals surface area contributed by atoms with Crippen LogP contribution in [0.4, 0.5) is 11.4 Å². The molecule has 0 heterocycles. The monoisotopic (exact) mass is 595 g/mol. The van der Waals surface area contributed by atoms with Gasteiger partial charge in [0.1, 0.15) is 0 Å². The molecule has 0 aliphatic rings. The van der Waals surface area contributed by atoms with Crippen molar-refractivity contribution in [2.45, 2.75) is 79.1 Å². The molecule has 0 aliphatic carbocycles. The molecule has 0 aliphatic heterocycles. The number of nitrogens with one attached hydrogen (secondary N) is 3. The first-order valence-electron chi connectivity index (χ1n) is 12.2. The first-order valence-corrected chi connectivity index (χ1v) is 12.2. The maximum absolute atomic E-state index is 3.72. The molecule has 0 aromatic heterocycles. The molecule has 0 spiro atoms. The molecule has 3 nitrogen and oxygen atoms in total. The summed E-state index contributed by atoms with van der Waals surface area (Å²) >= 11 is 0. The molecule has 34 heavy (non-hydrogen) atoms. The number of rotatable bonds is 12. The third kappa shape index (κ3) is 10.1. The number of benzene rings is 2. The minimum Gasteiger partial charge on any atom is -1.00 e. The van der Waals surface area contributed by atoms with Crippen molar-refractivity contribution in [2.24, 2.45) is 0 Å². The van der Waals surface area contributed by atoms with Crippen molar-refractivity contribution < 1.29 is 44.3 Å². The van der Waals surface area contributed by atoms with E-state index < -0.39 is 0 Å². The Bertz CT molecular complexity index is 703. The summed E-state index contributed by atoms with van der Waals surface area (Å²) in [6.07, 6.45) is 0. The minimum atomic E-state index is 0. The summed E-state index contributed by atoms with van der Waals surface area (Å²) in [5.74, 6) is 2.09. The van der Waals surface area contributed by atoms with E-state index in [-0.39, 0.29) is 44.3 Å². The Kier molecular flexibility index (Phi) is 18.3. The fourth-order valence-electron chi connectivity index (χ4n) is 4.19. The van der Waals surface area contributed by atoms with Gasteiger partial charge in [-0.3, -0.25) is 0 Å². The Labute approximate surface area is 234 Å². The molecular formula is C28H45Cl2N3Ru. The maximum Gasteiger partial charge on any atom is 2.00 e. The molecule has 0 saturated carbocycles. The van der Waals surface area contributed by atoms with Gasteiger partial charge in [0.15, 0.2) is 0 Å². The van der Waals surface area contributed by atoms with Gasteiger partial charge in [-0.25, -0.2) is 0 Å². The summed E-state index contributed by atoms with van der Waals surface area (Å²) in [7, 11) is 0. The number of anilines is 2. The van der Waals surface area contributed by atoms with Crippen molar-refractivity contribution in [3.05, 3.63) is 58.7 Å². The fraction of sp³-hybridized carbons (Fsp3) is 0.571. The second-order valence-electron chi connectivity index (χ2n) is 9.85. The van der Waals surface area contributed by atoms with Crippen LogP contribution in [0.5, 0.6) is 0 Å². The molecule has 2 aromatic rings. The molecule has 0 atom stereocenters. The van der Waals surface area contributed by atoms with Gasteiger partial charge in [0.25, 0.3) is 0 Å². The normalized spacial score (nSPS) is 10.7. The first-order chi connectivity index (χ1) is 14.7. The van der Waals surface area contributed by atoms with Crippen LogP contribution in [0, 0.1) is 0 Å². The summed E-state index contributed by atoms with van der Waals surface area (Å²) in [6.45, 7) is 22.0. The van der Waals surface area contributed by atoms with Crippen LogP contribution < -0.4 is 40.8 Å². The smallest absolute Gasteiger partial charge is 1.00 e.